The highest BCUT2D eigenvalue weighted by Gasteiger charge is 2.36. The number of nitrogens with one attached hydrogen (secondary N) is 1. The summed E-state index contributed by atoms with van der Waals surface area (Å²) in [6.07, 6.45) is -3.25. The molecule has 2 amide bonds. The fourth-order valence-electron chi connectivity index (χ4n) is 5.13. The summed E-state index contributed by atoms with van der Waals surface area (Å²) < 4.78 is 66.9. The third-order valence-corrected chi connectivity index (χ3v) is 7.33. The molecule has 2 aliphatic heterocycles. The Labute approximate surface area is 244 Å². The molecule has 2 aliphatic rings. The molecule has 0 saturated heterocycles. The largest absolute Gasteiger partial charge is 0.491 e. The molecule has 4 heterocycles. The zero-order valence-electron chi connectivity index (χ0n) is 23.7. The van der Waals surface area contributed by atoms with Crippen molar-refractivity contribution in [3.63, 3.8) is 0 Å². The van der Waals surface area contributed by atoms with Gasteiger partial charge in [-0.25, -0.2) is 14.8 Å². The van der Waals surface area contributed by atoms with E-state index in [0.717, 1.165) is 10.6 Å². The minimum absolute atomic E-state index is 0.0718. The van der Waals surface area contributed by atoms with Crippen LogP contribution in [0.25, 0.3) is 5.52 Å². The van der Waals surface area contributed by atoms with Gasteiger partial charge in [-0.05, 0) is 43.2 Å². The maximum Gasteiger partial charge on any atom is 0.435 e. The molecule has 0 aliphatic carbocycles. The molecule has 0 spiro atoms. The van der Waals surface area contributed by atoms with Crippen LogP contribution in [-0.2, 0) is 15.8 Å². The van der Waals surface area contributed by atoms with Gasteiger partial charge in [0.1, 0.15) is 0 Å². The number of hydrogen-bond acceptors (Lipinski definition) is 7. The molecule has 2 unspecified atom stereocenters. The number of methoxy groups -OCH3 is 1. The van der Waals surface area contributed by atoms with Crippen molar-refractivity contribution in [2.45, 2.75) is 45.7 Å². The predicted octanol–water partition coefficient (Wildman–Crippen LogP) is 4.79. The maximum absolute atomic E-state index is 14.7. The Kier molecular flexibility index (Phi) is 8.38. The zero-order chi connectivity index (χ0) is 30.9. The van der Waals surface area contributed by atoms with Crippen molar-refractivity contribution in [1.82, 2.24) is 20.0 Å². The van der Waals surface area contributed by atoms with E-state index in [1.165, 1.54) is 30.3 Å². The second kappa shape index (κ2) is 12.0. The summed E-state index contributed by atoms with van der Waals surface area (Å²) in [7, 11) is 1.34. The molecular formula is C29H30F4N6O4. The minimum atomic E-state index is -4.65. The molecule has 2 atom stereocenters. The van der Waals surface area contributed by atoms with Crippen LogP contribution in [0.15, 0.2) is 46.6 Å². The molecule has 3 aromatic rings. The summed E-state index contributed by atoms with van der Waals surface area (Å²) in [6.45, 7) is 4.08. The average molecular weight is 603 g/mol. The first kappa shape index (κ1) is 30.0. The van der Waals surface area contributed by atoms with E-state index in [1.807, 2.05) is 6.92 Å². The fourth-order valence-corrected chi connectivity index (χ4v) is 5.13. The zero-order valence-corrected chi connectivity index (χ0v) is 23.7. The number of hydrogen-bond donors (Lipinski definition) is 1. The van der Waals surface area contributed by atoms with E-state index in [0.29, 0.717) is 35.4 Å². The van der Waals surface area contributed by atoms with Crippen LogP contribution in [0.2, 0.25) is 0 Å². The number of hydrazone groups is 2. The second-order valence-corrected chi connectivity index (χ2v) is 10.6. The normalized spacial score (nSPS) is 19.3. The Morgan fingerprint density at radius 1 is 1.02 bits per heavy atom. The second-order valence-electron chi connectivity index (χ2n) is 10.6. The van der Waals surface area contributed by atoms with E-state index >= 15 is 0 Å². The van der Waals surface area contributed by atoms with E-state index in [1.54, 1.807) is 19.1 Å². The van der Waals surface area contributed by atoms with Crippen LogP contribution in [0.3, 0.4) is 0 Å². The van der Waals surface area contributed by atoms with E-state index in [-0.39, 0.29) is 66.8 Å². The topological polar surface area (TPSA) is 110 Å². The van der Waals surface area contributed by atoms with Gasteiger partial charge >= 0.3 is 6.18 Å². The van der Waals surface area contributed by atoms with Crippen molar-refractivity contribution >= 4 is 28.8 Å². The first-order chi connectivity index (χ1) is 20.5. The fraction of sp³-hybridized carbons (Fsp3) is 0.414. The molecule has 1 aromatic carbocycles. The van der Waals surface area contributed by atoms with Crippen molar-refractivity contribution in [3.8, 4) is 11.6 Å². The van der Waals surface area contributed by atoms with Gasteiger partial charge in [-0.15, -0.1) is 0 Å². The number of ether oxygens (including phenoxy) is 2. The molecule has 14 heteroatoms. The number of amides is 2. The lowest BCUT2D eigenvalue weighted by molar-refractivity contribution is -0.141. The van der Waals surface area contributed by atoms with Crippen LogP contribution >= 0.6 is 0 Å². The monoisotopic (exact) mass is 602 g/mol. The van der Waals surface area contributed by atoms with Gasteiger partial charge in [0.25, 0.3) is 0 Å². The Morgan fingerprint density at radius 2 is 1.79 bits per heavy atom. The number of benzene rings is 1. The predicted molar refractivity (Wildman–Crippen MR) is 148 cm³/mol. The quantitative estimate of drug-likeness (QED) is 0.280. The van der Waals surface area contributed by atoms with Crippen molar-refractivity contribution < 1.29 is 36.6 Å². The number of nitrogens with zero attached hydrogens (tertiary/aromatic N) is 5. The third-order valence-electron chi connectivity index (χ3n) is 7.33. The smallest absolute Gasteiger partial charge is 0.435 e. The number of alkyl halides is 3. The summed E-state index contributed by atoms with van der Waals surface area (Å²) in [6, 6.07) is 8.58. The third kappa shape index (κ3) is 6.32. The highest BCUT2D eigenvalue weighted by molar-refractivity contribution is 6.10. The molecule has 10 nitrogen and oxygen atoms in total. The van der Waals surface area contributed by atoms with Gasteiger partial charge in [0.15, 0.2) is 17.3 Å². The summed E-state index contributed by atoms with van der Waals surface area (Å²) in [5.74, 6) is -1.22. The van der Waals surface area contributed by atoms with Crippen molar-refractivity contribution in [2.24, 2.45) is 22.0 Å². The Hall–Kier alpha value is -4.49. The molecule has 0 bridgehead atoms. The van der Waals surface area contributed by atoms with E-state index < -0.39 is 17.7 Å². The molecule has 43 heavy (non-hydrogen) atoms. The Morgan fingerprint density at radius 3 is 2.49 bits per heavy atom. The van der Waals surface area contributed by atoms with Crippen LogP contribution in [0.4, 0.5) is 17.6 Å². The molecule has 0 radical (unpaired) electrons. The van der Waals surface area contributed by atoms with Gasteiger partial charge in [-0.2, -0.15) is 33.0 Å². The lowest BCUT2D eigenvalue weighted by Gasteiger charge is -2.28. The van der Waals surface area contributed by atoms with E-state index in [2.05, 4.69) is 20.7 Å². The van der Waals surface area contributed by atoms with Crippen LogP contribution in [0.5, 0.6) is 11.6 Å². The Balaban J connectivity index is 1.23. The molecule has 2 aromatic heterocycles. The first-order valence-electron chi connectivity index (χ1n) is 13.8. The van der Waals surface area contributed by atoms with Crippen LogP contribution in [0, 0.1) is 17.7 Å². The number of aromatic nitrogens is 2. The lowest BCUT2D eigenvalue weighted by atomic mass is 9.93. The number of unbranched alkanes of at least 4 members (excludes halogenated alkanes) is 1. The van der Waals surface area contributed by atoms with Gasteiger partial charge in [0.2, 0.25) is 17.7 Å². The van der Waals surface area contributed by atoms with Gasteiger partial charge < -0.3 is 9.47 Å². The summed E-state index contributed by atoms with van der Waals surface area (Å²) >= 11 is 0. The van der Waals surface area contributed by atoms with Crippen molar-refractivity contribution in [1.29, 1.82) is 0 Å². The SMILES string of the molecule is COc1ccc(C2=NN(CCCCOc3ccc(C4=NNC(=O)CC4C)cc3F)C(=O)CC2C)c2cc(C(F)(F)F)nn12. The lowest BCUT2D eigenvalue weighted by Crippen LogP contribution is -2.37. The standard InChI is InChI=1S/C29H30F4N6O4/c1-16-12-24(40)34-35-27(16)18-6-8-22(20(30)14-18)43-11-5-4-10-38-25(41)13-17(2)28(37-38)19-7-9-26(42-3)39-21(19)15-23(36-39)29(31,32)33/h6-9,14-17H,4-5,10-13H2,1-3H3,(H,34,40). The average Bonchev–Trinajstić information content (AvgIpc) is 3.41. The van der Waals surface area contributed by atoms with Gasteiger partial charge in [0.05, 0.1) is 30.7 Å². The minimum Gasteiger partial charge on any atom is -0.491 e. The number of halogens is 4. The van der Waals surface area contributed by atoms with Gasteiger partial charge in [-0.3, -0.25) is 9.59 Å². The van der Waals surface area contributed by atoms with Gasteiger partial charge in [0, 0.05) is 48.4 Å². The molecular weight excluding hydrogens is 572 g/mol. The number of carbonyl (C=O) groups excluding carboxylic acids is 2. The number of rotatable bonds is 9. The highest BCUT2D eigenvalue weighted by atomic mass is 19.4. The summed E-state index contributed by atoms with van der Waals surface area (Å²) in [4.78, 5) is 24.2. The van der Waals surface area contributed by atoms with Crippen molar-refractivity contribution in [2.75, 3.05) is 20.3 Å². The first-order valence-corrected chi connectivity index (χ1v) is 13.8. The molecule has 0 saturated carbocycles. The molecule has 0 fully saturated rings. The van der Waals surface area contributed by atoms with Crippen molar-refractivity contribution in [3.05, 3.63) is 59.0 Å². The Bertz CT molecular complexity index is 1620. The maximum atomic E-state index is 14.7. The van der Waals surface area contributed by atoms with E-state index in [9.17, 15) is 27.2 Å². The number of fused-ring (bicyclic) bond motifs is 1. The van der Waals surface area contributed by atoms with Crippen LogP contribution in [-0.4, -0.2) is 58.1 Å². The number of carbonyl (C=O) groups is 2. The van der Waals surface area contributed by atoms with Gasteiger partial charge in [-0.1, -0.05) is 13.8 Å². The molecule has 5 rings (SSSR count). The summed E-state index contributed by atoms with van der Waals surface area (Å²) in [5.41, 5.74) is 3.56. The molecule has 1 N–H and O–H groups in total. The summed E-state index contributed by atoms with van der Waals surface area (Å²) in [5, 5.41) is 13.6. The van der Waals surface area contributed by atoms with Crippen LogP contribution < -0.4 is 14.9 Å². The van der Waals surface area contributed by atoms with E-state index in [4.69, 9.17) is 9.47 Å². The van der Waals surface area contributed by atoms with Crippen LogP contribution in [0.1, 0.15) is 56.4 Å². The number of pyridine rings is 1. The molecule has 228 valence electrons. The highest BCUT2D eigenvalue weighted by Crippen LogP contribution is 2.33.